The summed E-state index contributed by atoms with van der Waals surface area (Å²) >= 11 is 0. The minimum Gasteiger partial charge on any atom is -0.261 e. The fourth-order valence-corrected chi connectivity index (χ4v) is 3.56. The van der Waals surface area contributed by atoms with Gasteiger partial charge in [-0.25, -0.2) is 0 Å². The summed E-state index contributed by atoms with van der Waals surface area (Å²) in [4.78, 5) is 9.54. The van der Waals surface area contributed by atoms with Crippen LogP contribution in [-0.2, 0) is 23.7 Å². The molecule has 2 nitrogen and oxygen atoms in total. The molecule has 0 saturated carbocycles. The predicted molar refractivity (Wildman–Crippen MR) is 107 cm³/mol. The molecule has 136 valence electrons. The maximum Gasteiger partial charge on any atom is 0.0500 e. The summed E-state index contributed by atoms with van der Waals surface area (Å²) in [6, 6.07) is 6.58. The lowest BCUT2D eigenvalue weighted by atomic mass is 9.75. The van der Waals surface area contributed by atoms with E-state index in [1.54, 1.807) is 0 Å². The van der Waals surface area contributed by atoms with Crippen LogP contribution in [-0.4, -0.2) is 9.97 Å². The minimum absolute atomic E-state index is 0.0567. The topological polar surface area (TPSA) is 25.8 Å². The zero-order valence-corrected chi connectivity index (χ0v) is 17.3. The molecule has 2 aromatic heterocycles. The largest absolute Gasteiger partial charge is 0.261 e. The van der Waals surface area contributed by atoms with Gasteiger partial charge in [0, 0.05) is 29.9 Å². The number of pyridine rings is 2. The van der Waals surface area contributed by atoms with Crippen LogP contribution in [0, 0.1) is 0 Å². The van der Waals surface area contributed by atoms with Crippen LogP contribution in [0.1, 0.15) is 89.4 Å². The van der Waals surface area contributed by atoms with Gasteiger partial charge in [-0.05, 0) is 46.6 Å². The Morgan fingerprint density at radius 3 is 2.28 bits per heavy atom. The van der Waals surface area contributed by atoms with Crippen molar-refractivity contribution in [2.45, 2.75) is 85.0 Å². The van der Waals surface area contributed by atoms with Crippen LogP contribution in [0.3, 0.4) is 0 Å². The molecule has 0 aliphatic rings. The van der Waals surface area contributed by atoms with E-state index in [0.717, 1.165) is 18.5 Å². The van der Waals surface area contributed by atoms with E-state index in [1.807, 2.05) is 12.3 Å². The summed E-state index contributed by atoms with van der Waals surface area (Å²) in [5.41, 5.74) is 6.51. The second kappa shape index (κ2) is 7.27. The van der Waals surface area contributed by atoms with Crippen LogP contribution in [0.2, 0.25) is 0 Å². The first-order chi connectivity index (χ1) is 11.6. The predicted octanol–water partition coefficient (Wildman–Crippen LogP) is 5.98. The molecular formula is C23H34N2. The zero-order chi connectivity index (χ0) is 18.8. The lowest BCUT2D eigenvalue weighted by Crippen LogP contribution is -2.28. The average Bonchev–Trinajstić information content (AvgIpc) is 2.53. The second-order valence-corrected chi connectivity index (χ2v) is 9.09. The standard InChI is InChI=1S/C23H34N2/c1-9-17-15-25-18(13-19(17)16(2)3)14-23(7,8)21-20(22(4,5)6)11-10-12-24-21/h10-13,15-16H,9,14H2,1-8H3. The summed E-state index contributed by atoms with van der Waals surface area (Å²) in [6.45, 7) is 18.1. The minimum atomic E-state index is -0.0567. The van der Waals surface area contributed by atoms with E-state index < -0.39 is 0 Å². The van der Waals surface area contributed by atoms with Crippen LogP contribution in [0.4, 0.5) is 0 Å². The molecule has 2 heterocycles. The van der Waals surface area contributed by atoms with Gasteiger partial charge in [-0.3, -0.25) is 9.97 Å². The quantitative estimate of drug-likeness (QED) is 0.670. The van der Waals surface area contributed by atoms with Gasteiger partial charge in [0.1, 0.15) is 0 Å². The van der Waals surface area contributed by atoms with Crippen molar-refractivity contribution in [3.05, 3.63) is 58.7 Å². The van der Waals surface area contributed by atoms with Gasteiger partial charge in [0.2, 0.25) is 0 Å². The highest BCUT2D eigenvalue weighted by Gasteiger charge is 2.30. The Morgan fingerprint density at radius 2 is 1.72 bits per heavy atom. The molecule has 2 heteroatoms. The number of aryl methyl sites for hydroxylation is 1. The third-order valence-corrected chi connectivity index (χ3v) is 4.96. The van der Waals surface area contributed by atoms with Gasteiger partial charge < -0.3 is 0 Å². The maximum atomic E-state index is 4.78. The Bertz CT molecular complexity index is 721. The monoisotopic (exact) mass is 338 g/mol. The third-order valence-electron chi connectivity index (χ3n) is 4.96. The van der Waals surface area contributed by atoms with Gasteiger partial charge in [0.15, 0.2) is 0 Å². The Labute approximate surface area is 154 Å². The molecule has 0 amide bonds. The van der Waals surface area contributed by atoms with Crippen LogP contribution in [0.25, 0.3) is 0 Å². The van der Waals surface area contributed by atoms with E-state index in [2.05, 4.69) is 73.7 Å². The number of hydrogen-bond acceptors (Lipinski definition) is 2. The molecule has 0 bridgehead atoms. The summed E-state index contributed by atoms with van der Waals surface area (Å²) in [7, 11) is 0. The van der Waals surface area contributed by atoms with Gasteiger partial charge in [-0.15, -0.1) is 0 Å². The molecule has 0 aromatic carbocycles. The summed E-state index contributed by atoms with van der Waals surface area (Å²) in [5, 5.41) is 0. The van der Waals surface area contributed by atoms with E-state index >= 15 is 0 Å². The SMILES string of the molecule is CCc1cnc(CC(C)(C)c2ncccc2C(C)(C)C)cc1C(C)C. The van der Waals surface area contributed by atoms with Gasteiger partial charge >= 0.3 is 0 Å². The summed E-state index contributed by atoms with van der Waals surface area (Å²) < 4.78 is 0. The number of nitrogens with zero attached hydrogens (tertiary/aromatic N) is 2. The first-order valence-corrected chi connectivity index (χ1v) is 9.50. The lowest BCUT2D eigenvalue weighted by molar-refractivity contribution is 0.470. The Balaban J connectivity index is 2.42. The summed E-state index contributed by atoms with van der Waals surface area (Å²) in [6.07, 6.45) is 5.93. The molecule has 0 aliphatic carbocycles. The van der Waals surface area contributed by atoms with Crippen LogP contribution < -0.4 is 0 Å². The molecule has 2 rings (SSSR count). The molecule has 0 saturated heterocycles. The normalized spacial score (nSPS) is 12.7. The van der Waals surface area contributed by atoms with Crippen LogP contribution >= 0.6 is 0 Å². The van der Waals surface area contributed by atoms with Crippen molar-refractivity contribution in [2.75, 3.05) is 0 Å². The molecular weight excluding hydrogens is 304 g/mol. The molecule has 0 fully saturated rings. The van der Waals surface area contributed by atoms with Crippen molar-refractivity contribution in [3.63, 3.8) is 0 Å². The molecule has 0 spiro atoms. The molecule has 0 N–H and O–H groups in total. The van der Waals surface area contributed by atoms with Gasteiger partial charge in [-0.2, -0.15) is 0 Å². The van der Waals surface area contributed by atoms with Crippen molar-refractivity contribution in [2.24, 2.45) is 0 Å². The molecule has 2 aromatic rings. The highest BCUT2D eigenvalue weighted by atomic mass is 14.7. The summed E-state index contributed by atoms with van der Waals surface area (Å²) in [5.74, 6) is 0.528. The highest BCUT2D eigenvalue weighted by molar-refractivity contribution is 5.35. The number of rotatable bonds is 5. The van der Waals surface area contributed by atoms with E-state index in [9.17, 15) is 0 Å². The smallest absolute Gasteiger partial charge is 0.0500 e. The second-order valence-electron chi connectivity index (χ2n) is 9.09. The Kier molecular flexibility index (Phi) is 5.71. The number of hydrogen-bond donors (Lipinski definition) is 0. The fourth-order valence-electron chi connectivity index (χ4n) is 3.56. The van der Waals surface area contributed by atoms with E-state index in [0.29, 0.717) is 5.92 Å². The van der Waals surface area contributed by atoms with Crippen LogP contribution in [0.15, 0.2) is 30.6 Å². The maximum absolute atomic E-state index is 4.78. The zero-order valence-electron chi connectivity index (χ0n) is 17.3. The first kappa shape index (κ1) is 19.6. The molecule has 0 atom stereocenters. The van der Waals surface area contributed by atoms with Gasteiger partial charge in [-0.1, -0.05) is 61.5 Å². The van der Waals surface area contributed by atoms with Crippen LogP contribution in [0.5, 0.6) is 0 Å². The van der Waals surface area contributed by atoms with E-state index in [1.165, 1.54) is 22.4 Å². The van der Waals surface area contributed by atoms with E-state index in [4.69, 9.17) is 9.97 Å². The lowest BCUT2D eigenvalue weighted by Gasteiger charge is -2.31. The average molecular weight is 339 g/mol. The van der Waals surface area contributed by atoms with Gasteiger partial charge in [0.25, 0.3) is 0 Å². The first-order valence-electron chi connectivity index (χ1n) is 9.50. The molecule has 0 aliphatic heterocycles. The Morgan fingerprint density at radius 1 is 1.04 bits per heavy atom. The fraction of sp³-hybridized carbons (Fsp3) is 0.565. The van der Waals surface area contributed by atoms with Crippen molar-refractivity contribution in [1.82, 2.24) is 9.97 Å². The van der Waals surface area contributed by atoms with Crippen molar-refractivity contribution < 1.29 is 0 Å². The van der Waals surface area contributed by atoms with Crippen molar-refractivity contribution in [1.29, 1.82) is 0 Å². The molecule has 0 radical (unpaired) electrons. The van der Waals surface area contributed by atoms with E-state index in [-0.39, 0.29) is 10.8 Å². The number of aromatic nitrogens is 2. The molecule has 25 heavy (non-hydrogen) atoms. The van der Waals surface area contributed by atoms with Crippen molar-refractivity contribution >= 4 is 0 Å². The molecule has 0 unspecified atom stereocenters. The third kappa shape index (κ3) is 4.48. The Hall–Kier alpha value is -1.70. The highest BCUT2D eigenvalue weighted by Crippen LogP contribution is 2.34. The van der Waals surface area contributed by atoms with Crippen molar-refractivity contribution in [3.8, 4) is 0 Å². The van der Waals surface area contributed by atoms with Gasteiger partial charge in [0.05, 0.1) is 5.69 Å².